The topological polar surface area (TPSA) is 65.2 Å². The first-order valence-electron chi connectivity index (χ1n) is 10.3. The summed E-state index contributed by atoms with van der Waals surface area (Å²) in [6.45, 7) is 3.83. The smallest absolute Gasteiger partial charge is 0.241 e. The van der Waals surface area contributed by atoms with Crippen LogP contribution in [0.25, 0.3) is 21.7 Å². The van der Waals surface area contributed by atoms with E-state index in [0.29, 0.717) is 23.1 Å². The Kier molecular flexibility index (Phi) is 5.85. The number of hydrogen-bond donors (Lipinski definition) is 2. The van der Waals surface area contributed by atoms with Crippen LogP contribution in [-0.4, -0.2) is 33.5 Å². The zero-order chi connectivity index (χ0) is 22.0. The van der Waals surface area contributed by atoms with Crippen LogP contribution >= 0.6 is 0 Å². The molecule has 0 amide bonds. The lowest BCUT2D eigenvalue weighted by Crippen LogP contribution is -2.36. The first-order valence-corrected chi connectivity index (χ1v) is 11.8. The van der Waals surface area contributed by atoms with E-state index >= 15 is 0 Å². The standard InChI is InChI=1S/C25H27N3O2S/c1-4-9-19(16-18-17-26-23-13-6-5-10-20(18)23)27-31(29,30)25-15-8-11-21-22(25)12-7-14-24(21)28(2)3/h4-8,10-15,17,19,26-27H,1,9,16H2,2-3H3/t19-/m0/s1. The van der Waals surface area contributed by atoms with Crippen molar-refractivity contribution in [2.45, 2.75) is 23.8 Å². The number of aromatic amines is 1. The molecule has 1 atom stereocenters. The maximum atomic E-state index is 13.4. The van der Waals surface area contributed by atoms with E-state index in [9.17, 15) is 8.42 Å². The number of hydrogen-bond acceptors (Lipinski definition) is 3. The lowest BCUT2D eigenvalue weighted by Gasteiger charge is -2.20. The summed E-state index contributed by atoms with van der Waals surface area (Å²) in [6.07, 6.45) is 4.82. The number of fused-ring (bicyclic) bond motifs is 2. The zero-order valence-electron chi connectivity index (χ0n) is 17.8. The third kappa shape index (κ3) is 4.22. The molecule has 0 fully saturated rings. The van der Waals surface area contributed by atoms with Gasteiger partial charge in [0, 0.05) is 53.7 Å². The highest BCUT2D eigenvalue weighted by atomic mass is 32.2. The molecule has 0 aliphatic carbocycles. The van der Waals surface area contributed by atoms with Gasteiger partial charge in [0.25, 0.3) is 0 Å². The minimum absolute atomic E-state index is 0.293. The summed E-state index contributed by atoms with van der Waals surface area (Å²) < 4.78 is 29.8. The van der Waals surface area contributed by atoms with E-state index in [4.69, 9.17) is 0 Å². The van der Waals surface area contributed by atoms with Gasteiger partial charge in [-0.15, -0.1) is 6.58 Å². The second-order valence-electron chi connectivity index (χ2n) is 7.93. The van der Waals surface area contributed by atoms with E-state index in [0.717, 1.165) is 27.5 Å². The zero-order valence-corrected chi connectivity index (χ0v) is 18.6. The van der Waals surface area contributed by atoms with Gasteiger partial charge in [0.1, 0.15) is 0 Å². The van der Waals surface area contributed by atoms with Crippen LogP contribution in [0.5, 0.6) is 0 Å². The maximum Gasteiger partial charge on any atom is 0.241 e. The van der Waals surface area contributed by atoms with Gasteiger partial charge in [0.15, 0.2) is 0 Å². The second-order valence-corrected chi connectivity index (χ2v) is 9.61. The highest BCUT2D eigenvalue weighted by Crippen LogP contribution is 2.30. The molecule has 0 aliphatic heterocycles. The van der Waals surface area contributed by atoms with Crippen molar-refractivity contribution in [2.24, 2.45) is 0 Å². The molecule has 0 spiro atoms. The first kappa shape index (κ1) is 21.2. The van der Waals surface area contributed by atoms with Gasteiger partial charge < -0.3 is 9.88 Å². The molecule has 1 aromatic heterocycles. The van der Waals surface area contributed by atoms with Crippen LogP contribution in [0.1, 0.15) is 12.0 Å². The molecule has 6 heteroatoms. The summed E-state index contributed by atoms with van der Waals surface area (Å²) in [7, 11) is 0.174. The van der Waals surface area contributed by atoms with Crippen LogP contribution in [0.4, 0.5) is 5.69 Å². The molecule has 0 saturated carbocycles. The Labute approximate surface area is 183 Å². The van der Waals surface area contributed by atoms with Crippen LogP contribution in [0, 0.1) is 0 Å². The van der Waals surface area contributed by atoms with Gasteiger partial charge >= 0.3 is 0 Å². The SMILES string of the molecule is C=CC[C@@H](Cc1c[nH]c2ccccc12)NS(=O)(=O)c1cccc2c(N(C)C)cccc12. The van der Waals surface area contributed by atoms with Gasteiger partial charge in [-0.2, -0.15) is 0 Å². The molecule has 3 aromatic carbocycles. The summed E-state index contributed by atoms with van der Waals surface area (Å²) >= 11 is 0. The Morgan fingerprint density at radius 2 is 1.71 bits per heavy atom. The minimum atomic E-state index is -3.73. The molecule has 1 heterocycles. The Bertz CT molecular complexity index is 1340. The average molecular weight is 434 g/mol. The molecule has 4 rings (SSSR count). The molecule has 0 saturated heterocycles. The summed E-state index contributed by atoms with van der Waals surface area (Å²) in [6, 6.07) is 18.9. The van der Waals surface area contributed by atoms with Gasteiger partial charge in [-0.1, -0.05) is 48.5 Å². The predicted molar refractivity (Wildman–Crippen MR) is 129 cm³/mol. The molecule has 0 unspecified atom stereocenters. The molecule has 160 valence electrons. The van der Waals surface area contributed by atoms with Crippen LogP contribution in [0.15, 0.2) is 84.4 Å². The number of benzene rings is 3. The number of para-hydroxylation sites is 1. The van der Waals surface area contributed by atoms with Gasteiger partial charge in [-0.05, 0) is 36.6 Å². The van der Waals surface area contributed by atoms with Crippen LogP contribution in [0.3, 0.4) is 0 Å². The Morgan fingerprint density at radius 3 is 2.48 bits per heavy atom. The molecule has 31 heavy (non-hydrogen) atoms. The lowest BCUT2D eigenvalue weighted by molar-refractivity contribution is 0.548. The molecule has 4 aromatic rings. The number of aromatic nitrogens is 1. The van der Waals surface area contributed by atoms with E-state index in [1.165, 1.54) is 0 Å². The second kappa shape index (κ2) is 8.57. The fourth-order valence-electron chi connectivity index (χ4n) is 4.11. The lowest BCUT2D eigenvalue weighted by atomic mass is 10.0. The maximum absolute atomic E-state index is 13.4. The Morgan fingerprint density at radius 1 is 1.00 bits per heavy atom. The van der Waals surface area contributed by atoms with Gasteiger partial charge in [0.2, 0.25) is 10.0 Å². The number of nitrogens with zero attached hydrogens (tertiary/aromatic N) is 1. The number of anilines is 1. The van der Waals surface area contributed by atoms with Crippen molar-refractivity contribution in [1.82, 2.24) is 9.71 Å². The van der Waals surface area contributed by atoms with Crippen molar-refractivity contribution in [1.29, 1.82) is 0 Å². The average Bonchev–Trinajstić information content (AvgIpc) is 3.15. The molecule has 2 N–H and O–H groups in total. The molecular formula is C25H27N3O2S. The van der Waals surface area contributed by atoms with E-state index < -0.39 is 10.0 Å². The van der Waals surface area contributed by atoms with Crippen molar-refractivity contribution in [3.63, 3.8) is 0 Å². The van der Waals surface area contributed by atoms with Gasteiger partial charge in [-0.3, -0.25) is 0 Å². The van der Waals surface area contributed by atoms with E-state index in [-0.39, 0.29) is 6.04 Å². The van der Waals surface area contributed by atoms with Gasteiger partial charge in [0.05, 0.1) is 4.90 Å². The number of sulfonamides is 1. The Hall–Kier alpha value is -3.09. The number of rotatable bonds is 8. The summed E-state index contributed by atoms with van der Waals surface area (Å²) in [5, 5.41) is 2.73. The quantitative estimate of drug-likeness (QED) is 0.390. The highest BCUT2D eigenvalue weighted by Gasteiger charge is 2.23. The normalized spacial score (nSPS) is 12.8. The monoisotopic (exact) mass is 433 g/mol. The van der Waals surface area contributed by atoms with Crippen molar-refractivity contribution in [3.8, 4) is 0 Å². The Balaban J connectivity index is 1.69. The first-order chi connectivity index (χ1) is 14.9. The van der Waals surface area contributed by atoms with E-state index in [1.807, 2.05) is 73.7 Å². The third-order valence-electron chi connectivity index (χ3n) is 5.54. The molecule has 0 radical (unpaired) electrons. The number of nitrogens with one attached hydrogen (secondary N) is 2. The van der Waals surface area contributed by atoms with Crippen molar-refractivity contribution in [2.75, 3.05) is 19.0 Å². The van der Waals surface area contributed by atoms with E-state index in [2.05, 4.69) is 16.3 Å². The predicted octanol–water partition coefficient (Wildman–Crippen LogP) is 4.85. The minimum Gasteiger partial charge on any atom is -0.377 e. The molecule has 0 aliphatic rings. The third-order valence-corrected chi connectivity index (χ3v) is 7.12. The summed E-state index contributed by atoms with van der Waals surface area (Å²) in [4.78, 5) is 5.55. The number of H-pyrrole nitrogens is 1. The molecule has 5 nitrogen and oxygen atoms in total. The van der Waals surface area contributed by atoms with Crippen LogP contribution in [0.2, 0.25) is 0 Å². The van der Waals surface area contributed by atoms with Crippen molar-refractivity contribution < 1.29 is 8.42 Å². The van der Waals surface area contributed by atoms with Crippen LogP contribution < -0.4 is 9.62 Å². The van der Waals surface area contributed by atoms with Crippen molar-refractivity contribution in [3.05, 3.63) is 85.1 Å². The van der Waals surface area contributed by atoms with E-state index in [1.54, 1.807) is 18.2 Å². The molecule has 0 bridgehead atoms. The molecular weight excluding hydrogens is 406 g/mol. The van der Waals surface area contributed by atoms with Crippen LogP contribution in [-0.2, 0) is 16.4 Å². The summed E-state index contributed by atoms with van der Waals surface area (Å²) in [5.41, 5.74) is 3.11. The van der Waals surface area contributed by atoms with Crippen molar-refractivity contribution >= 4 is 37.4 Å². The highest BCUT2D eigenvalue weighted by molar-refractivity contribution is 7.89. The fourth-order valence-corrected chi connectivity index (χ4v) is 5.58. The summed E-state index contributed by atoms with van der Waals surface area (Å²) in [5.74, 6) is 0. The largest absolute Gasteiger partial charge is 0.377 e. The van der Waals surface area contributed by atoms with Gasteiger partial charge in [-0.25, -0.2) is 13.1 Å². The fraction of sp³-hybridized carbons (Fsp3) is 0.200.